The maximum absolute atomic E-state index is 13.9. The first-order valence-corrected chi connectivity index (χ1v) is 6.67. The van der Waals surface area contributed by atoms with E-state index in [4.69, 9.17) is 0 Å². The summed E-state index contributed by atoms with van der Waals surface area (Å²) in [4.78, 5) is 9.96. The van der Waals surface area contributed by atoms with Gasteiger partial charge in [0.15, 0.2) is 11.6 Å². The molecule has 0 saturated carbocycles. The Labute approximate surface area is 108 Å². The first-order valence-electron chi connectivity index (χ1n) is 6.67. The molecule has 5 heteroatoms. The van der Waals surface area contributed by atoms with Crippen LogP contribution in [-0.2, 0) is 0 Å². The number of hydrogen-bond donors (Lipinski definition) is 1. The smallest absolute Gasteiger partial charge is 0.186 e. The van der Waals surface area contributed by atoms with E-state index in [1.165, 1.54) is 6.33 Å². The molecule has 0 bridgehead atoms. The molecule has 0 atom stereocenters. The summed E-state index contributed by atoms with van der Waals surface area (Å²) in [5, 5.41) is 3.52. The third kappa shape index (κ3) is 2.96. The molecule has 1 aromatic heterocycles. The molecule has 4 nitrogen and oxygen atoms in total. The topological polar surface area (TPSA) is 41.0 Å². The van der Waals surface area contributed by atoms with Crippen molar-refractivity contribution >= 4 is 5.82 Å². The summed E-state index contributed by atoms with van der Waals surface area (Å²) in [5.74, 6) is 0.175. The lowest BCUT2D eigenvalue weighted by molar-refractivity contribution is 0.411. The highest BCUT2D eigenvalue weighted by molar-refractivity contribution is 5.41. The average Bonchev–Trinajstić information content (AvgIpc) is 2.40. The summed E-state index contributed by atoms with van der Waals surface area (Å²) in [6.45, 7) is 6.62. The Morgan fingerprint density at radius 1 is 1.39 bits per heavy atom. The fourth-order valence-corrected chi connectivity index (χ4v) is 2.31. The molecule has 0 aliphatic carbocycles. The van der Waals surface area contributed by atoms with E-state index in [1.807, 2.05) is 4.90 Å². The molecule has 1 fully saturated rings. The van der Waals surface area contributed by atoms with Gasteiger partial charge in [-0.2, -0.15) is 0 Å². The third-order valence-corrected chi connectivity index (χ3v) is 3.42. The minimum absolute atomic E-state index is 0.280. The van der Waals surface area contributed by atoms with Crippen LogP contribution < -0.4 is 10.2 Å². The molecular weight excluding hydrogens is 231 g/mol. The van der Waals surface area contributed by atoms with E-state index in [0.29, 0.717) is 17.6 Å². The molecule has 0 aromatic carbocycles. The van der Waals surface area contributed by atoms with E-state index >= 15 is 0 Å². The Balaban J connectivity index is 1.95. The predicted octanol–water partition coefficient (Wildman–Crippen LogP) is 1.89. The molecule has 0 spiro atoms. The van der Waals surface area contributed by atoms with Crippen molar-refractivity contribution in [2.45, 2.75) is 39.2 Å². The van der Waals surface area contributed by atoms with Gasteiger partial charge >= 0.3 is 0 Å². The maximum Gasteiger partial charge on any atom is 0.186 e. The van der Waals surface area contributed by atoms with Crippen molar-refractivity contribution in [2.75, 3.05) is 24.5 Å². The molecule has 1 saturated heterocycles. The lowest BCUT2D eigenvalue weighted by Gasteiger charge is -2.33. The van der Waals surface area contributed by atoms with Gasteiger partial charge in [-0.15, -0.1) is 0 Å². The Kier molecular flexibility index (Phi) is 4.47. The third-order valence-electron chi connectivity index (χ3n) is 3.42. The Bertz CT molecular complexity index is 389. The summed E-state index contributed by atoms with van der Waals surface area (Å²) in [5.41, 5.74) is 0.422. The lowest BCUT2D eigenvalue weighted by Crippen LogP contribution is -2.43. The first kappa shape index (κ1) is 13.2. The van der Waals surface area contributed by atoms with Crippen molar-refractivity contribution < 1.29 is 4.39 Å². The van der Waals surface area contributed by atoms with Crippen LogP contribution in [0.25, 0.3) is 0 Å². The Morgan fingerprint density at radius 2 is 2.11 bits per heavy atom. The largest absolute Gasteiger partial charge is 0.354 e. The van der Waals surface area contributed by atoms with Gasteiger partial charge in [0, 0.05) is 19.1 Å². The SMILES string of the molecule is CCCNC1CCN(c2ncnc(C)c2F)CC1. The van der Waals surface area contributed by atoms with E-state index in [9.17, 15) is 4.39 Å². The van der Waals surface area contributed by atoms with E-state index in [0.717, 1.165) is 38.9 Å². The summed E-state index contributed by atoms with van der Waals surface area (Å²) in [7, 11) is 0. The monoisotopic (exact) mass is 252 g/mol. The number of nitrogens with zero attached hydrogens (tertiary/aromatic N) is 3. The zero-order chi connectivity index (χ0) is 13.0. The summed E-state index contributed by atoms with van der Waals surface area (Å²) in [6, 6.07) is 0.562. The minimum atomic E-state index is -0.280. The van der Waals surface area contributed by atoms with Gasteiger partial charge < -0.3 is 10.2 Å². The van der Waals surface area contributed by atoms with E-state index < -0.39 is 0 Å². The summed E-state index contributed by atoms with van der Waals surface area (Å²) >= 11 is 0. The molecule has 100 valence electrons. The molecule has 2 rings (SSSR count). The highest BCUT2D eigenvalue weighted by Gasteiger charge is 2.22. The molecule has 2 heterocycles. The Hall–Kier alpha value is -1.23. The van der Waals surface area contributed by atoms with E-state index in [1.54, 1.807) is 6.92 Å². The molecule has 1 aliphatic heterocycles. The van der Waals surface area contributed by atoms with Crippen molar-refractivity contribution in [3.05, 3.63) is 17.8 Å². The number of hydrogen-bond acceptors (Lipinski definition) is 4. The van der Waals surface area contributed by atoms with Gasteiger partial charge in [-0.05, 0) is 32.7 Å². The number of nitrogens with one attached hydrogen (secondary N) is 1. The highest BCUT2D eigenvalue weighted by Crippen LogP contribution is 2.21. The van der Waals surface area contributed by atoms with Gasteiger partial charge in [-0.1, -0.05) is 6.92 Å². The second-order valence-electron chi connectivity index (χ2n) is 4.81. The van der Waals surface area contributed by atoms with Gasteiger partial charge in [0.2, 0.25) is 0 Å². The van der Waals surface area contributed by atoms with Crippen molar-refractivity contribution in [2.24, 2.45) is 0 Å². The molecule has 18 heavy (non-hydrogen) atoms. The van der Waals surface area contributed by atoms with Crippen LogP contribution in [0.2, 0.25) is 0 Å². The van der Waals surface area contributed by atoms with Gasteiger partial charge in [-0.3, -0.25) is 0 Å². The second-order valence-corrected chi connectivity index (χ2v) is 4.81. The summed E-state index contributed by atoms with van der Waals surface area (Å²) in [6.07, 6.45) is 4.68. The number of piperidine rings is 1. The number of rotatable bonds is 4. The van der Waals surface area contributed by atoms with Crippen molar-refractivity contribution in [3.8, 4) is 0 Å². The fraction of sp³-hybridized carbons (Fsp3) is 0.692. The van der Waals surface area contributed by atoms with E-state index in [2.05, 4.69) is 22.2 Å². The Morgan fingerprint density at radius 3 is 2.78 bits per heavy atom. The molecule has 1 N–H and O–H groups in total. The van der Waals surface area contributed by atoms with Crippen LogP contribution in [0, 0.1) is 12.7 Å². The van der Waals surface area contributed by atoms with Crippen molar-refractivity contribution in [1.82, 2.24) is 15.3 Å². The predicted molar refractivity (Wildman–Crippen MR) is 70.3 cm³/mol. The molecule has 0 radical (unpaired) electrons. The van der Waals surface area contributed by atoms with E-state index in [-0.39, 0.29) is 5.82 Å². The number of anilines is 1. The second kappa shape index (κ2) is 6.09. The average molecular weight is 252 g/mol. The maximum atomic E-state index is 13.9. The lowest BCUT2D eigenvalue weighted by atomic mass is 10.0. The zero-order valence-corrected chi connectivity index (χ0v) is 11.1. The van der Waals surface area contributed by atoms with Crippen LogP contribution in [-0.4, -0.2) is 35.6 Å². The van der Waals surface area contributed by atoms with Gasteiger partial charge in [0.1, 0.15) is 6.33 Å². The molecule has 1 aromatic rings. The standard InChI is InChI=1S/C13H21FN4/c1-3-6-15-11-4-7-18(8-5-11)13-12(14)10(2)16-9-17-13/h9,11,15H,3-8H2,1-2H3. The number of aryl methyl sites for hydroxylation is 1. The molecule has 0 unspecified atom stereocenters. The van der Waals surface area contributed by atoms with Gasteiger partial charge in [0.05, 0.1) is 5.69 Å². The van der Waals surface area contributed by atoms with Crippen LogP contribution in [0.5, 0.6) is 0 Å². The zero-order valence-electron chi connectivity index (χ0n) is 11.1. The van der Waals surface area contributed by atoms with Crippen molar-refractivity contribution in [3.63, 3.8) is 0 Å². The highest BCUT2D eigenvalue weighted by atomic mass is 19.1. The number of halogens is 1. The fourth-order valence-electron chi connectivity index (χ4n) is 2.31. The van der Waals surface area contributed by atoms with Crippen molar-refractivity contribution in [1.29, 1.82) is 0 Å². The van der Waals surface area contributed by atoms with Crippen LogP contribution in [0.3, 0.4) is 0 Å². The minimum Gasteiger partial charge on any atom is -0.354 e. The molecule has 1 aliphatic rings. The quantitative estimate of drug-likeness (QED) is 0.888. The normalized spacial score (nSPS) is 17.2. The molecular formula is C13H21FN4. The van der Waals surface area contributed by atoms with Crippen LogP contribution in [0.15, 0.2) is 6.33 Å². The van der Waals surface area contributed by atoms with Gasteiger partial charge in [-0.25, -0.2) is 14.4 Å². The van der Waals surface area contributed by atoms with Crippen LogP contribution in [0.1, 0.15) is 31.9 Å². The van der Waals surface area contributed by atoms with Crippen LogP contribution in [0.4, 0.5) is 10.2 Å². The first-order chi connectivity index (χ1) is 8.72. The summed E-state index contributed by atoms with van der Waals surface area (Å²) < 4.78 is 13.9. The number of aromatic nitrogens is 2. The molecule has 0 amide bonds. The van der Waals surface area contributed by atoms with Crippen LogP contribution >= 0.6 is 0 Å². The van der Waals surface area contributed by atoms with Gasteiger partial charge in [0.25, 0.3) is 0 Å².